The first-order valence-corrected chi connectivity index (χ1v) is 9.82. The van der Waals surface area contributed by atoms with Crippen LogP contribution in [0.4, 0.5) is 28.4 Å². The average Bonchev–Trinajstić information content (AvgIpc) is 3.11. The van der Waals surface area contributed by atoms with Crippen molar-refractivity contribution in [3.05, 3.63) is 115 Å². The monoisotopic (exact) mass is 493 g/mol. The molecule has 0 bridgehead atoms. The van der Waals surface area contributed by atoms with Gasteiger partial charge in [-0.2, -0.15) is 0 Å². The van der Waals surface area contributed by atoms with Crippen LogP contribution in [0.3, 0.4) is 0 Å². The minimum Gasteiger partial charge on any atom is -0.258 e. The van der Waals surface area contributed by atoms with Crippen LogP contribution >= 0.6 is 0 Å². The lowest BCUT2D eigenvalue weighted by Gasteiger charge is -2.06. The third-order valence-electron chi connectivity index (χ3n) is 5.61. The van der Waals surface area contributed by atoms with E-state index < -0.39 is 47.4 Å². The summed E-state index contributed by atoms with van der Waals surface area (Å²) in [5.74, 6) is 0. The van der Waals surface area contributed by atoms with Gasteiger partial charge < -0.3 is 0 Å². The Bertz CT molecular complexity index is 1510. The molecule has 0 spiro atoms. The Morgan fingerprint density at radius 2 is 1.03 bits per heavy atom. The Kier molecular flexibility index (Phi) is 5.44. The maximum Gasteiger partial charge on any atom is 0.284 e. The highest BCUT2D eigenvalue weighted by atomic mass is 16.6. The van der Waals surface area contributed by atoms with Gasteiger partial charge in [-0.3, -0.25) is 50.6 Å². The fourth-order valence-corrected chi connectivity index (χ4v) is 4.06. The van der Waals surface area contributed by atoms with Gasteiger partial charge in [0.1, 0.15) is 0 Å². The number of rotatable bonds is 6. The molecule has 3 aromatic rings. The Hall–Kier alpha value is -5.60. The van der Waals surface area contributed by atoms with Crippen molar-refractivity contribution in [3.63, 3.8) is 0 Å². The Labute approximate surface area is 198 Å². The zero-order valence-corrected chi connectivity index (χ0v) is 17.9. The molecule has 36 heavy (non-hydrogen) atoms. The Morgan fingerprint density at radius 3 is 1.39 bits per heavy atom. The maximum atomic E-state index is 11.8. The summed E-state index contributed by atoms with van der Waals surface area (Å²) in [5.41, 5.74) is -3.24. The topological polar surface area (TPSA) is 216 Å². The van der Waals surface area contributed by atoms with Gasteiger partial charge >= 0.3 is 0 Å². The first kappa shape index (κ1) is 23.6. The summed E-state index contributed by atoms with van der Waals surface area (Å²) < 4.78 is 0. The molecule has 0 N–H and O–H groups in total. The van der Waals surface area contributed by atoms with Crippen molar-refractivity contribution in [1.82, 2.24) is 0 Å². The number of nitrogens with zero attached hydrogens (tertiary/aromatic N) is 5. The summed E-state index contributed by atoms with van der Waals surface area (Å²) in [6.45, 7) is 1.53. The van der Waals surface area contributed by atoms with E-state index in [0.717, 1.165) is 12.1 Å². The molecular formula is C21H11N5O10. The van der Waals surface area contributed by atoms with E-state index in [9.17, 15) is 50.6 Å². The molecule has 0 aliphatic heterocycles. The highest BCUT2D eigenvalue weighted by Crippen LogP contribution is 2.55. The minimum absolute atomic E-state index is 0.00977. The number of benzene rings is 3. The fourth-order valence-electron chi connectivity index (χ4n) is 4.06. The zero-order chi connectivity index (χ0) is 26.5. The predicted molar refractivity (Wildman–Crippen MR) is 123 cm³/mol. The molecule has 0 aromatic heterocycles. The summed E-state index contributed by atoms with van der Waals surface area (Å²) in [4.78, 5) is 53.5. The first-order chi connectivity index (χ1) is 16.9. The highest BCUT2D eigenvalue weighted by Gasteiger charge is 2.40. The molecule has 0 heterocycles. The summed E-state index contributed by atoms with van der Waals surface area (Å²) in [7, 11) is 0. The van der Waals surface area contributed by atoms with Crippen LogP contribution in [0.5, 0.6) is 0 Å². The molecule has 0 saturated heterocycles. The number of fused-ring (bicyclic) bond motifs is 3. The van der Waals surface area contributed by atoms with Gasteiger partial charge in [0.05, 0.1) is 47.9 Å². The van der Waals surface area contributed by atoms with E-state index in [-0.39, 0.29) is 33.5 Å². The summed E-state index contributed by atoms with van der Waals surface area (Å²) in [5, 5.41) is 57.7. The number of aryl methyl sites for hydroxylation is 1. The molecule has 15 nitrogen and oxygen atoms in total. The predicted octanol–water partition coefficient (Wildman–Crippen LogP) is 5.11. The van der Waals surface area contributed by atoms with E-state index in [1.807, 2.05) is 0 Å². The second-order valence-corrected chi connectivity index (χ2v) is 7.66. The Balaban J connectivity index is 2.17. The molecule has 3 aromatic carbocycles. The number of hydrogen-bond donors (Lipinski definition) is 0. The van der Waals surface area contributed by atoms with Crippen LogP contribution in [0.15, 0.2) is 42.5 Å². The SMILES string of the molecule is Cc1cc([N+](=O)[O-])ccc1C=C1c2cc([N+](=O)[O-])cc([N+](=O)[O-])c2-c2c1cc([N+](=O)[O-])cc2[N+](=O)[O-]. The first-order valence-electron chi connectivity index (χ1n) is 9.82. The molecule has 1 aliphatic rings. The largest absolute Gasteiger partial charge is 0.284 e. The van der Waals surface area contributed by atoms with Crippen LogP contribution in [-0.4, -0.2) is 24.6 Å². The highest BCUT2D eigenvalue weighted by molar-refractivity contribution is 6.12. The van der Waals surface area contributed by atoms with Crippen molar-refractivity contribution in [1.29, 1.82) is 0 Å². The van der Waals surface area contributed by atoms with Crippen molar-refractivity contribution < 1.29 is 24.6 Å². The van der Waals surface area contributed by atoms with E-state index in [1.54, 1.807) is 0 Å². The second-order valence-electron chi connectivity index (χ2n) is 7.66. The van der Waals surface area contributed by atoms with Gasteiger partial charge in [0.2, 0.25) is 0 Å². The molecule has 0 amide bonds. The van der Waals surface area contributed by atoms with Gasteiger partial charge in [0.25, 0.3) is 28.4 Å². The van der Waals surface area contributed by atoms with Gasteiger partial charge in [-0.15, -0.1) is 0 Å². The summed E-state index contributed by atoms with van der Waals surface area (Å²) >= 11 is 0. The van der Waals surface area contributed by atoms with Crippen molar-refractivity contribution in [2.24, 2.45) is 0 Å². The Morgan fingerprint density at radius 1 is 0.583 bits per heavy atom. The van der Waals surface area contributed by atoms with Crippen molar-refractivity contribution in [2.45, 2.75) is 6.92 Å². The van der Waals surface area contributed by atoms with Crippen LogP contribution in [0.1, 0.15) is 22.3 Å². The number of nitro groups is 5. The normalized spacial score (nSPS) is 11.4. The van der Waals surface area contributed by atoms with Crippen LogP contribution in [0.25, 0.3) is 22.8 Å². The van der Waals surface area contributed by atoms with Crippen LogP contribution in [0, 0.1) is 57.5 Å². The number of non-ortho nitro benzene ring substituents is 3. The molecule has 0 radical (unpaired) electrons. The van der Waals surface area contributed by atoms with Gasteiger partial charge in [0.15, 0.2) is 0 Å². The second kappa shape index (κ2) is 8.32. The average molecular weight is 493 g/mol. The van der Waals surface area contributed by atoms with Crippen LogP contribution in [-0.2, 0) is 0 Å². The van der Waals surface area contributed by atoms with Crippen molar-refractivity contribution >= 4 is 40.1 Å². The third-order valence-corrected chi connectivity index (χ3v) is 5.61. The standard InChI is InChI=1S/C21H11N5O10/c1-10-4-12(22(27)28)3-2-11(10)5-15-16-6-13(23(29)30)8-18(25(33)34)20(16)21-17(15)7-14(24(31)32)9-19(21)26(35)36/h2-9H,1H3. The molecule has 0 unspecified atom stereocenters. The lowest BCUT2D eigenvalue weighted by Crippen LogP contribution is -1.99. The third kappa shape index (κ3) is 3.75. The lowest BCUT2D eigenvalue weighted by molar-refractivity contribution is -0.395. The van der Waals surface area contributed by atoms with Crippen molar-refractivity contribution in [3.8, 4) is 11.1 Å². The van der Waals surface area contributed by atoms with Gasteiger partial charge in [-0.25, -0.2) is 0 Å². The zero-order valence-electron chi connectivity index (χ0n) is 17.9. The number of hydrogen-bond acceptors (Lipinski definition) is 10. The smallest absolute Gasteiger partial charge is 0.258 e. The van der Waals surface area contributed by atoms with E-state index in [2.05, 4.69) is 0 Å². The summed E-state index contributed by atoms with van der Waals surface area (Å²) in [6, 6.07) is 7.09. The molecule has 0 saturated carbocycles. The molecule has 0 fully saturated rings. The quantitative estimate of drug-likeness (QED) is 0.255. The van der Waals surface area contributed by atoms with Crippen molar-refractivity contribution in [2.75, 3.05) is 0 Å². The lowest BCUT2D eigenvalue weighted by atomic mass is 9.98. The van der Waals surface area contributed by atoms with E-state index in [4.69, 9.17) is 0 Å². The minimum atomic E-state index is -0.930. The van der Waals surface area contributed by atoms with Crippen LogP contribution < -0.4 is 0 Å². The van der Waals surface area contributed by atoms with Crippen LogP contribution in [0.2, 0.25) is 0 Å². The molecular weight excluding hydrogens is 482 g/mol. The maximum absolute atomic E-state index is 11.8. The van der Waals surface area contributed by atoms with Gasteiger partial charge in [-0.1, -0.05) is 0 Å². The molecule has 180 valence electrons. The van der Waals surface area contributed by atoms with Gasteiger partial charge in [0, 0.05) is 35.4 Å². The number of nitro benzene ring substituents is 5. The molecule has 15 heteroatoms. The van der Waals surface area contributed by atoms with E-state index in [1.165, 1.54) is 31.2 Å². The fraction of sp³-hybridized carbons (Fsp3) is 0.0476. The molecule has 0 atom stereocenters. The summed E-state index contributed by atoms with van der Waals surface area (Å²) in [6.07, 6.45) is 1.37. The molecule has 4 rings (SSSR count). The van der Waals surface area contributed by atoms with E-state index in [0.29, 0.717) is 23.3 Å². The van der Waals surface area contributed by atoms with Gasteiger partial charge in [-0.05, 0) is 35.8 Å². The van der Waals surface area contributed by atoms with E-state index >= 15 is 0 Å². The molecule has 1 aliphatic carbocycles.